The number of hydrogen-bond acceptors (Lipinski definition) is 12. The number of primary amides is 2. The number of alkyl carbamates (subject to hydrolysis) is 2. The monoisotopic (exact) mass is 1090 g/mol. The Balaban J connectivity index is 0.000000262. The number of nitrogens with zero attached hydrogens (tertiary/aromatic N) is 2. The zero-order chi connectivity index (χ0) is 58.2. The van der Waals surface area contributed by atoms with Crippen LogP contribution < -0.4 is 27.7 Å². The second-order valence-corrected chi connectivity index (χ2v) is 19.1. The van der Waals surface area contributed by atoms with E-state index in [9.17, 15) is 33.5 Å². The maximum absolute atomic E-state index is 14.5. The summed E-state index contributed by atoms with van der Waals surface area (Å²) in [7, 11) is 0. The molecule has 0 saturated carbocycles. The Morgan fingerprint density at radius 1 is 0.823 bits per heavy atom. The first-order chi connectivity index (χ1) is 37.9. The van der Waals surface area contributed by atoms with Crippen molar-refractivity contribution in [2.75, 3.05) is 19.7 Å². The highest BCUT2D eigenvalue weighted by Crippen LogP contribution is 2.44. The highest BCUT2D eigenvalue weighted by molar-refractivity contribution is 6.15. The topological polar surface area (TPSA) is 253 Å². The Bertz CT molecular complexity index is 2960. The molecular weight excluding hydrogens is 1010 g/mol. The smallest absolute Gasteiger partial charge is 0.407 e. The molecule has 0 fully saturated rings. The lowest BCUT2D eigenvalue weighted by Gasteiger charge is -2.21. The van der Waals surface area contributed by atoms with E-state index in [0.717, 1.165) is 60.8 Å². The van der Waals surface area contributed by atoms with E-state index in [1.165, 1.54) is 28.3 Å². The van der Waals surface area contributed by atoms with Gasteiger partial charge >= 0.3 is 24.2 Å². The van der Waals surface area contributed by atoms with Gasteiger partial charge < -0.3 is 50.7 Å². The number of pyridine rings is 1. The third kappa shape index (κ3) is 18.0. The Kier molecular flexibility index (Phi) is 25.1. The number of carbonyl (C=O) groups excluding carboxylic acids is 5. The number of aryl methyl sites for hydroxylation is 1. The number of benzene rings is 4. The summed E-state index contributed by atoms with van der Waals surface area (Å²) in [5, 5.41) is 15.8. The summed E-state index contributed by atoms with van der Waals surface area (Å²) in [6, 6.07) is 30.9. The van der Waals surface area contributed by atoms with E-state index < -0.39 is 36.0 Å². The molecule has 5 aromatic rings. The molecule has 1 atom stereocenters. The van der Waals surface area contributed by atoms with Gasteiger partial charge in [-0.25, -0.2) is 28.6 Å². The zero-order valence-corrected chi connectivity index (χ0v) is 46.9. The molecule has 0 saturated heterocycles. The minimum absolute atomic E-state index is 0.0667. The first-order valence-electron chi connectivity index (χ1n) is 26.8. The second kappa shape index (κ2) is 31.3. The number of nitrogens with two attached hydrogens (primary N) is 2. The molecule has 1 unspecified atom stereocenters. The van der Waals surface area contributed by atoms with Gasteiger partial charge in [0.15, 0.2) is 6.10 Å². The number of carbonyl (C=O) groups is 5. The first kappa shape index (κ1) is 63.4. The zero-order valence-electron chi connectivity index (χ0n) is 46.9. The fourth-order valence-electron chi connectivity index (χ4n) is 9.02. The van der Waals surface area contributed by atoms with Gasteiger partial charge in [0.05, 0.1) is 29.2 Å². The van der Waals surface area contributed by atoms with Crippen molar-refractivity contribution in [2.24, 2.45) is 16.5 Å². The van der Waals surface area contributed by atoms with Crippen LogP contribution in [0.3, 0.4) is 0 Å². The van der Waals surface area contributed by atoms with Gasteiger partial charge in [0.25, 0.3) is 5.56 Å². The van der Waals surface area contributed by atoms with E-state index >= 15 is 0 Å². The van der Waals surface area contributed by atoms with Gasteiger partial charge in [-0.15, -0.1) is 0 Å². The van der Waals surface area contributed by atoms with Crippen LogP contribution in [0.25, 0.3) is 11.1 Å². The van der Waals surface area contributed by atoms with Gasteiger partial charge in [-0.1, -0.05) is 112 Å². The molecule has 9 rings (SSSR count). The maximum Gasteiger partial charge on any atom is 0.407 e. The normalized spacial score (nSPS) is 15.1. The number of aliphatic hydroxyl groups excluding tert-OH is 1. The van der Waals surface area contributed by atoms with Crippen molar-refractivity contribution in [2.45, 2.75) is 138 Å². The summed E-state index contributed by atoms with van der Waals surface area (Å²) in [4.78, 5) is 72.1. The summed E-state index contributed by atoms with van der Waals surface area (Å²) in [6.07, 6.45) is 2.20. The Morgan fingerprint density at radius 2 is 1.41 bits per heavy atom. The molecular formula is C61H77FN6O11. The molecule has 4 heterocycles. The van der Waals surface area contributed by atoms with E-state index in [4.69, 9.17) is 29.7 Å². The van der Waals surface area contributed by atoms with Crippen LogP contribution in [0, 0.1) is 12.7 Å². The van der Waals surface area contributed by atoms with Crippen molar-refractivity contribution in [3.63, 3.8) is 0 Å². The van der Waals surface area contributed by atoms with Crippen molar-refractivity contribution in [3.8, 4) is 11.1 Å². The molecule has 0 radical (unpaired) electrons. The number of unbranched alkanes of at least 4 members (excludes halogenated alkanes) is 2. The highest BCUT2D eigenvalue weighted by Gasteiger charge is 2.35. The number of amides is 4. The van der Waals surface area contributed by atoms with Crippen LogP contribution in [0.4, 0.5) is 24.5 Å². The van der Waals surface area contributed by atoms with Crippen LogP contribution >= 0.6 is 0 Å². The van der Waals surface area contributed by atoms with Crippen molar-refractivity contribution in [1.29, 1.82) is 0 Å². The van der Waals surface area contributed by atoms with Gasteiger partial charge in [-0.2, -0.15) is 0 Å². The van der Waals surface area contributed by atoms with Gasteiger partial charge in [0, 0.05) is 24.6 Å². The number of nitrogens with one attached hydrogen (secondary N) is 2. The van der Waals surface area contributed by atoms with E-state index in [-0.39, 0.29) is 48.0 Å². The molecule has 0 spiro atoms. The van der Waals surface area contributed by atoms with E-state index in [2.05, 4.69) is 45.4 Å². The lowest BCUT2D eigenvalue weighted by Crippen LogP contribution is -2.33. The predicted molar refractivity (Wildman–Crippen MR) is 303 cm³/mol. The number of hydrogen-bond donors (Lipinski definition) is 5. The van der Waals surface area contributed by atoms with Crippen molar-refractivity contribution < 1.29 is 52.4 Å². The number of allylic oxidation sites excluding steroid dienone is 2. The molecule has 79 heavy (non-hydrogen) atoms. The number of halogens is 1. The minimum Gasteiger partial charge on any atom is -0.458 e. The summed E-state index contributed by atoms with van der Waals surface area (Å²) in [5.41, 5.74) is 19.7. The largest absolute Gasteiger partial charge is 0.458 e. The highest BCUT2D eigenvalue weighted by atomic mass is 19.1. The number of esters is 1. The summed E-state index contributed by atoms with van der Waals surface area (Å²) in [5.74, 6) is -0.999. The molecule has 1 aliphatic carbocycles. The minimum atomic E-state index is -1.50. The number of cyclic esters (lactones) is 1. The molecule has 4 aromatic carbocycles. The van der Waals surface area contributed by atoms with Gasteiger partial charge in [0.2, 0.25) is 6.41 Å². The van der Waals surface area contributed by atoms with Gasteiger partial charge in [-0.3, -0.25) is 9.59 Å². The predicted octanol–water partition coefficient (Wildman–Crippen LogP) is 10.8. The number of rotatable bonds is 10. The molecule has 2 bridgehead atoms. The lowest BCUT2D eigenvalue weighted by atomic mass is 9.95. The number of aliphatic imine (C=N–C) groups is 1. The molecule has 4 aliphatic rings. The van der Waals surface area contributed by atoms with Crippen LogP contribution in [-0.4, -0.2) is 71.3 Å². The lowest BCUT2D eigenvalue weighted by molar-refractivity contribution is -0.157. The standard InChI is InChI=1S/C25H32N2O4.C23H21FN2O4.C8H9NO2.2C2H6.CH3NO/c1-25(2,3)31-24(29)27-16-10-4-9-15-26-23(28)30-17-22-20-13-7-5-11-18(20)19-12-6-8-14-21(19)22;1-11-4-3-5-13-6-14(7-18(24)12(13)2)25-20-16(11)9-26-19(20)8-15-17(22(26)28)10-30-23(29)21(15)27;9-8(10)11-6-7-4-2-1-3-5-7;2*1-2;2-1-3/h5-8,11-14,22H,4,9-10,15-17H2,1-3H3,(H,26,28)(H,27,29);6-8,21,27H,3-5,9-10H2,1-2H3;1-5H,6H2,(H2,9,10);2*1-2H3;1H,(H2,2,3)/b;16-11+,25-20?;;;;. The molecule has 3 aliphatic heterocycles. The van der Waals surface area contributed by atoms with Crippen molar-refractivity contribution in [3.05, 3.63) is 169 Å². The van der Waals surface area contributed by atoms with Gasteiger partial charge in [-0.05, 0) is 136 Å². The van der Waals surface area contributed by atoms with Crippen LogP contribution in [-0.2, 0) is 54.7 Å². The van der Waals surface area contributed by atoms with Crippen molar-refractivity contribution in [1.82, 2.24) is 15.2 Å². The fourth-order valence-corrected chi connectivity index (χ4v) is 9.02. The van der Waals surface area contributed by atoms with E-state index in [1.54, 1.807) is 17.6 Å². The quantitative estimate of drug-likeness (QED) is 0.0380. The van der Waals surface area contributed by atoms with E-state index in [1.807, 2.05) is 116 Å². The maximum atomic E-state index is 14.5. The summed E-state index contributed by atoms with van der Waals surface area (Å²) in [6.45, 7) is 19.2. The first-order valence-corrected chi connectivity index (χ1v) is 26.8. The molecule has 17 nitrogen and oxygen atoms in total. The molecule has 424 valence electrons. The number of aliphatic hydroxyl groups is 1. The second-order valence-electron chi connectivity index (χ2n) is 19.1. The van der Waals surface area contributed by atoms with E-state index in [0.29, 0.717) is 48.9 Å². The summed E-state index contributed by atoms with van der Waals surface area (Å²) < 4.78 is 36.3. The molecule has 4 amide bonds. The summed E-state index contributed by atoms with van der Waals surface area (Å²) >= 11 is 0. The Morgan fingerprint density at radius 3 is 2.00 bits per heavy atom. The van der Waals surface area contributed by atoms with Crippen molar-refractivity contribution >= 4 is 42.1 Å². The number of ether oxygens (including phenoxy) is 4. The van der Waals surface area contributed by atoms with Crippen LogP contribution in [0.2, 0.25) is 0 Å². The molecule has 7 N–H and O–H groups in total. The number of fused-ring (bicyclic) bond motifs is 9. The fraction of sp³-hybridized carbons (Fsp3) is 0.393. The average Bonchev–Trinajstić information content (AvgIpc) is 4.16. The Hall–Kier alpha value is -8.12. The Labute approximate surface area is 462 Å². The third-order valence-corrected chi connectivity index (χ3v) is 12.7. The molecule has 18 heteroatoms. The molecule has 1 aromatic heterocycles. The number of aromatic nitrogens is 1. The average molecular weight is 1090 g/mol. The van der Waals surface area contributed by atoms with Crippen LogP contribution in [0.5, 0.6) is 0 Å². The van der Waals surface area contributed by atoms with Gasteiger partial charge in [0.1, 0.15) is 31.2 Å². The third-order valence-electron chi connectivity index (χ3n) is 12.7. The van der Waals surface area contributed by atoms with Crippen LogP contribution in [0.1, 0.15) is 144 Å². The SMILES string of the molecule is C/C1=C2/Cn3c(cc4c(c3=O)COC(=O)C4O)C2=Nc2cc(F)c(C)c(c2)CCC1.CC.CC.CC(C)(C)OC(=O)NCCCCCNC(=O)OCC1c2ccccc2-c2ccccc21.NC(=O)OCc1ccccc1.NC=O. The van der Waals surface area contributed by atoms with Crippen LogP contribution in [0.15, 0.2) is 118 Å².